The Morgan fingerprint density at radius 2 is 1.72 bits per heavy atom. The molecule has 7 nitrogen and oxygen atoms in total. The summed E-state index contributed by atoms with van der Waals surface area (Å²) in [5.74, 6) is -0.819. The van der Waals surface area contributed by atoms with Crippen LogP contribution in [0.25, 0.3) is 0 Å². The fourth-order valence-electron chi connectivity index (χ4n) is 5.74. The molecule has 36 heavy (non-hydrogen) atoms. The quantitative estimate of drug-likeness (QED) is 0.612. The van der Waals surface area contributed by atoms with Crippen LogP contribution in [0, 0.1) is 11.2 Å². The summed E-state index contributed by atoms with van der Waals surface area (Å²) < 4.78 is 20.5. The van der Waals surface area contributed by atoms with Gasteiger partial charge in [0.25, 0.3) is 12.0 Å². The normalized spacial score (nSPS) is 22.7. The van der Waals surface area contributed by atoms with Crippen LogP contribution in [0.1, 0.15) is 58.2 Å². The molecule has 0 spiro atoms. The number of quaternary nitrogens is 1. The van der Waals surface area contributed by atoms with E-state index in [1.165, 1.54) is 17.0 Å². The topological polar surface area (TPSA) is 89.9 Å². The molecule has 1 heterocycles. The molecule has 1 aliphatic heterocycles. The number of hydrogen-bond acceptors (Lipinski definition) is 5. The number of aliphatic hydroxyl groups excluding tert-OH is 1. The molecular formula is C28H37FN2O5. The lowest BCUT2D eigenvalue weighted by Crippen LogP contribution is -2.76. The number of nitrogens with zero attached hydrogens (tertiary/aromatic N) is 2. The van der Waals surface area contributed by atoms with Gasteiger partial charge in [-0.05, 0) is 38.0 Å². The van der Waals surface area contributed by atoms with E-state index < -0.39 is 46.2 Å². The molecule has 0 saturated carbocycles. The predicted molar refractivity (Wildman–Crippen MR) is 132 cm³/mol. The zero-order chi connectivity index (χ0) is 27.1. The lowest BCUT2D eigenvalue weighted by Gasteiger charge is -2.54. The van der Waals surface area contributed by atoms with Crippen molar-refractivity contribution in [3.8, 4) is 5.75 Å². The Hall–Kier alpha value is -2.97. The van der Waals surface area contributed by atoms with E-state index in [4.69, 9.17) is 4.74 Å². The van der Waals surface area contributed by atoms with Crippen molar-refractivity contribution >= 4 is 12.0 Å². The van der Waals surface area contributed by atoms with Crippen molar-refractivity contribution in [1.29, 1.82) is 0 Å². The van der Waals surface area contributed by atoms with Crippen molar-refractivity contribution in [3.63, 3.8) is 0 Å². The summed E-state index contributed by atoms with van der Waals surface area (Å²) in [7, 11) is 1.59. The molecule has 2 aromatic carbocycles. The third kappa shape index (κ3) is 4.72. The first-order valence-corrected chi connectivity index (χ1v) is 12.1. The minimum atomic E-state index is -1.38. The highest BCUT2D eigenvalue weighted by molar-refractivity contribution is 5.85. The van der Waals surface area contributed by atoms with Gasteiger partial charge in [0.2, 0.25) is 0 Å². The molecule has 1 aliphatic rings. The van der Waals surface area contributed by atoms with Crippen LogP contribution in [0.3, 0.4) is 0 Å². The fraction of sp³-hybridized carbons (Fsp3) is 0.500. The van der Waals surface area contributed by atoms with Crippen LogP contribution in [-0.4, -0.2) is 51.3 Å². The van der Waals surface area contributed by atoms with Gasteiger partial charge in [0, 0.05) is 30.5 Å². The van der Waals surface area contributed by atoms with Crippen molar-refractivity contribution in [2.45, 2.75) is 78.9 Å². The highest BCUT2D eigenvalue weighted by Crippen LogP contribution is 2.47. The van der Waals surface area contributed by atoms with Gasteiger partial charge in [-0.15, -0.1) is 0 Å². The number of hydrogen-bond donors (Lipinski definition) is 1. The van der Waals surface area contributed by atoms with Crippen LogP contribution >= 0.6 is 0 Å². The number of halogens is 1. The van der Waals surface area contributed by atoms with E-state index >= 15 is 4.39 Å². The molecule has 8 heteroatoms. The van der Waals surface area contributed by atoms with Crippen LogP contribution in [0.2, 0.25) is 0 Å². The Morgan fingerprint density at radius 1 is 1.11 bits per heavy atom. The predicted octanol–water partition coefficient (Wildman–Crippen LogP) is 3.61. The molecule has 0 radical (unpaired) electrons. The van der Waals surface area contributed by atoms with Crippen molar-refractivity contribution in [3.05, 3.63) is 65.0 Å². The zero-order valence-electron chi connectivity index (χ0n) is 22.2. The minimum absolute atomic E-state index is 0.139. The van der Waals surface area contributed by atoms with Crippen LogP contribution in [0.5, 0.6) is 5.75 Å². The molecule has 3 rings (SSSR count). The average molecular weight is 501 g/mol. The molecule has 3 atom stereocenters. The number of carbonyl (C=O) groups excluding carboxylic acids is 2. The molecule has 0 aliphatic carbocycles. The van der Waals surface area contributed by atoms with E-state index in [0.29, 0.717) is 5.56 Å². The Labute approximate surface area is 212 Å². The van der Waals surface area contributed by atoms with Crippen molar-refractivity contribution in [1.82, 2.24) is 4.90 Å². The number of aliphatic hydroxyl groups is 1. The molecule has 2 aromatic rings. The first-order chi connectivity index (χ1) is 16.7. The van der Waals surface area contributed by atoms with E-state index in [1.54, 1.807) is 27.8 Å². The van der Waals surface area contributed by atoms with E-state index in [9.17, 15) is 19.8 Å². The number of carbonyl (C=O) groups is 2. The summed E-state index contributed by atoms with van der Waals surface area (Å²) in [6.45, 7) is 10.7. The molecule has 0 bridgehead atoms. The second-order valence-corrected chi connectivity index (χ2v) is 11.6. The van der Waals surface area contributed by atoms with Crippen LogP contribution < -0.4 is 9.84 Å². The highest BCUT2D eigenvalue weighted by Gasteiger charge is 2.67. The monoisotopic (exact) mass is 500 g/mol. The summed E-state index contributed by atoms with van der Waals surface area (Å²) >= 11 is 0. The molecule has 3 unspecified atom stereocenters. The van der Waals surface area contributed by atoms with Crippen molar-refractivity contribution in [2.24, 2.45) is 5.41 Å². The van der Waals surface area contributed by atoms with Crippen LogP contribution in [0.15, 0.2) is 42.5 Å². The van der Waals surface area contributed by atoms with Gasteiger partial charge in [-0.1, -0.05) is 51.1 Å². The first kappa shape index (κ1) is 27.6. The molecule has 1 N–H and O–H groups in total. The van der Waals surface area contributed by atoms with Gasteiger partial charge >= 0.3 is 0 Å². The summed E-state index contributed by atoms with van der Waals surface area (Å²) in [6.07, 6.45) is -2.27. The second kappa shape index (κ2) is 9.82. The zero-order valence-corrected chi connectivity index (χ0v) is 22.2. The Kier molecular flexibility index (Phi) is 7.54. The molecule has 196 valence electrons. The molecule has 2 amide bonds. The number of carboxylic acid groups (broad SMARTS) is 1. The number of ether oxygens (including phenoxy) is 1. The summed E-state index contributed by atoms with van der Waals surface area (Å²) in [5.41, 5.74) is -0.149. The van der Waals surface area contributed by atoms with Gasteiger partial charge < -0.3 is 19.7 Å². The molecule has 1 saturated heterocycles. The maximum absolute atomic E-state index is 15.4. The van der Waals surface area contributed by atoms with Crippen molar-refractivity contribution < 1.29 is 33.4 Å². The van der Waals surface area contributed by atoms with Gasteiger partial charge in [0.05, 0.1) is 12.1 Å². The third-order valence-corrected chi connectivity index (χ3v) is 7.11. The SMILES string of the molecule is CN1C(=O)C(Cc2cc(CO)c(OCc3ccccc3)cc2F)[N+](C(=O)[O-])(C(C)(C)C)C1C(C)(C)C. The fourth-order valence-corrected chi connectivity index (χ4v) is 5.74. The van der Waals surface area contributed by atoms with Gasteiger partial charge in [-0.2, -0.15) is 0 Å². The molecule has 0 aromatic heterocycles. The van der Waals surface area contributed by atoms with E-state index in [2.05, 4.69) is 0 Å². The maximum Gasteiger partial charge on any atom is 0.286 e. The van der Waals surface area contributed by atoms with Crippen LogP contribution in [0.4, 0.5) is 9.18 Å². The van der Waals surface area contributed by atoms with E-state index in [1.807, 2.05) is 51.1 Å². The molecular weight excluding hydrogens is 463 g/mol. The summed E-state index contributed by atoms with van der Waals surface area (Å²) in [5, 5.41) is 22.9. The molecule has 1 fully saturated rings. The van der Waals surface area contributed by atoms with E-state index in [0.717, 1.165) is 5.56 Å². The minimum Gasteiger partial charge on any atom is -0.498 e. The highest BCUT2D eigenvalue weighted by atomic mass is 19.1. The Morgan fingerprint density at radius 3 is 2.22 bits per heavy atom. The van der Waals surface area contributed by atoms with Gasteiger partial charge in [-0.3, -0.25) is 9.69 Å². The van der Waals surface area contributed by atoms with Gasteiger partial charge in [0.15, 0.2) is 12.2 Å². The third-order valence-electron chi connectivity index (χ3n) is 7.11. The Bertz CT molecular complexity index is 1120. The smallest absolute Gasteiger partial charge is 0.286 e. The van der Waals surface area contributed by atoms with Gasteiger partial charge in [-0.25, -0.2) is 8.87 Å². The number of likely N-dealkylation sites (N-methyl/N-ethyl adjacent to an activating group) is 1. The van der Waals surface area contributed by atoms with E-state index in [-0.39, 0.29) is 30.2 Å². The lowest BCUT2D eigenvalue weighted by molar-refractivity contribution is -0.958. The maximum atomic E-state index is 15.4. The summed E-state index contributed by atoms with van der Waals surface area (Å²) in [6, 6.07) is 10.9. The number of rotatable bonds is 6. The average Bonchev–Trinajstić information content (AvgIpc) is 3.02. The largest absolute Gasteiger partial charge is 0.498 e. The van der Waals surface area contributed by atoms with Gasteiger partial charge in [0.1, 0.15) is 18.2 Å². The number of benzene rings is 2. The number of amides is 2. The lowest BCUT2D eigenvalue weighted by atomic mass is 9.85. The van der Waals surface area contributed by atoms with Crippen molar-refractivity contribution in [2.75, 3.05) is 7.05 Å². The first-order valence-electron chi connectivity index (χ1n) is 12.1. The van der Waals surface area contributed by atoms with Crippen LogP contribution in [-0.2, 0) is 24.4 Å². The standard InChI is InChI=1S/C28H37FN2O5/c1-27(2,3)25-30(7)24(33)22(31(25,26(34)35)28(4,5)6)14-19-13-20(16-32)23(15-21(19)29)36-17-18-11-9-8-10-12-18/h8-13,15,22,25,32H,14,16-17H2,1-7H3. The second-order valence-electron chi connectivity index (χ2n) is 11.6. The Balaban J connectivity index is 2.05. The summed E-state index contributed by atoms with van der Waals surface area (Å²) in [4.78, 5) is 27.9.